The van der Waals surface area contributed by atoms with Gasteiger partial charge in [0.2, 0.25) is 0 Å². The minimum atomic E-state index is -4.68. The summed E-state index contributed by atoms with van der Waals surface area (Å²) in [6, 6.07) is 8.51. The van der Waals surface area contributed by atoms with Crippen LogP contribution in [0.1, 0.15) is 42.5 Å². The van der Waals surface area contributed by atoms with Crippen molar-refractivity contribution < 1.29 is 32.0 Å². The molecule has 2 aromatic heterocycles. The molecule has 3 rings (SSSR count). The zero-order valence-corrected chi connectivity index (χ0v) is 20.0. The Hall–Kier alpha value is -2.50. The first kappa shape index (κ1) is 25.1. The van der Waals surface area contributed by atoms with Crippen molar-refractivity contribution in [2.24, 2.45) is 0 Å². The Kier molecular flexibility index (Phi) is 7.45. The highest BCUT2D eigenvalue weighted by Crippen LogP contribution is 2.38. The van der Waals surface area contributed by atoms with Crippen molar-refractivity contribution in [2.45, 2.75) is 44.4 Å². The van der Waals surface area contributed by atoms with Crippen molar-refractivity contribution in [1.82, 2.24) is 9.55 Å². The zero-order chi connectivity index (χ0) is 24.5. The molecular formula is C22H23F3N2O4S2. The van der Waals surface area contributed by atoms with Gasteiger partial charge in [0, 0.05) is 16.0 Å². The molecule has 0 amide bonds. The van der Waals surface area contributed by atoms with Gasteiger partial charge in [-0.3, -0.25) is 13.6 Å². The van der Waals surface area contributed by atoms with Crippen LogP contribution >= 0.6 is 11.3 Å². The van der Waals surface area contributed by atoms with E-state index in [0.29, 0.717) is 21.0 Å². The molecule has 0 bridgehead atoms. The van der Waals surface area contributed by atoms with Crippen LogP contribution in [0.3, 0.4) is 0 Å². The Morgan fingerprint density at radius 3 is 2.58 bits per heavy atom. The number of benzene rings is 1. The van der Waals surface area contributed by atoms with Gasteiger partial charge in [-0.2, -0.15) is 13.2 Å². The van der Waals surface area contributed by atoms with Crippen molar-refractivity contribution >= 4 is 28.1 Å². The number of thiophene rings is 1. The fourth-order valence-corrected chi connectivity index (χ4v) is 5.30. The highest BCUT2D eigenvalue weighted by molar-refractivity contribution is 7.84. The SMILES string of the molecule is CCOC(=O)C(C)c1nc(C(F)(F)F)c(C)n1-c1ccc(-c2ccc(CO)c(S(C)=O)c2)s1. The molecule has 2 unspecified atom stereocenters. The maximum Gasteiger partial charge on any atom is 0.435 e. The molecule has 0 aliphatic carbocycles. The number of ether oxygens (including phenoxy) is 1. The number of aliphatic hydroxyl groups is 1. The number of hydrogen-bond donors (Lipinski definition) is 1. The maximum atomic E-state index is 13.6. The highest BCUT2D eigenvalue weighted by atomic mass is 32.2. The average Bonchev–Trinajstić information content (AvgIpc) is 3.37. The predicted molar refractivity (Wildman–Crippen MR) is 120 cm³/mol. The molecule has 33 heavy (non-hydrogen) atoms. The summed E-state index contributed by atoms with van der Waals surface area (Å²) in [5.41, 5.74) is 0.0669. The molecule has 0 saturated carbocycles. The molecule has 2 atom stereocenters. The molecule has 2 heterocycles. The molecule has 0 spiro atoms. The lowest BCUT2D eigenvalue weighted by molar-refractivity contribution is -0.145. The fraction of sp³-hybridized carbons (Fsp3) is 0.364. The molecule has 0 saturated heterocycles. The van der Waals surface area contributed by atoms with Gasteiger partial charge in [0.05, 0.1) is 29.7 Å². The van der Waals surface area contributed by atoms with E-state index < -0.39 is 34.6 Å². The smallest absolute Gasteiger partial charge is 0.435 e. The molecule has 178 valence electrons. The molecule has 11 heteroatoms. The minimum absolute atomic E-state index is 0.0577. The Balaban J connectivity index is 2.13. The van der Waals surface area contributed by atoms with Crippen LogP contribution in [0.15, 0.2) is 35.2 Å². The molecule has 0 aliphatic rings. The number of rotatable bonds is 7. The minimum Gasteiger partial charge on any atom is -0.465 e. The second kappa shape index (κ2) is 9.78. The second-order valence-electron chi connectivity index (χ2n) is 7.28. The summed E-state index contributed by atoms with van der Waals surface area (Å²) >= 11 is 1.21. The zero-order valence-electron chi connectivity index (χ0n) is 18.4. The highest BCUT2D eigenvalue weighted by Gasteiger charge is 2.39. The van der Waals surface area contributed by atoms with Gasteiger partial charge in [0.25, 0.3) is 0 Å². The quantitative estimate of drug-likeness (QED) is 0.470. The van der Waals surface area contributed by atoms with Gasteiger partial charge in [-0.15, -0.1) is 11.3 Å². The third-order valence-electron chi connectivity index (χ3n) is 5.07. The number of aliphatic hydroxyl groups excluding tert-OH is 1. The van der Waals surface area contributed by atoms with Crippen LogP contribution in [0, 0.1) is 6.92 Å². The number of halogens is 3. The van der Waals surface area contributed by atoms with Gasteiger partial charge < -0.3 is 9.84 Å². The van der Waals surface area contributed by atoms with E-state index >= 15 is 0 Å². The monoisotopic (exact) mass is 500 g/mol. The van der Waals surface area contributed by atoms with Crippen molar-refractivity contribution in [1.29, 1.82) is 0 Å². The lowest BCUT2D eigenvalue weighted by Gasteiger charge is -2.13. The molecular weight excluding hydrogens is 477 g/mol. The Morgan fingerprint density at radius 1 is 1.30 bits per heavy atom. The standard InChI is InChI=1S/C22H23F3N2O4S2/c1-5-31-21(29)12(2)20-26-19(22(23,24)25)13(3)27(20)18-9-8-16(32-18)14-6-7-15(11-28)17(10-14)33(4)30/h6-10,12,28H,5,11H2,1-4H3. The number of esters is 1. The molecule has 6 nitrogen and oxygen atoms in total. The van der Waals surface area contributed by atoms with E-state index in [1.807, 2.05) is 0 Å². The van der Waals surface area contributed by atoms with Gasteiger partial charge in [0.1, 0.15) is 16.7 Å². The lowest BCUT2D eigenvalue weighted by atomic mass is 10.1. The van der Waals surface area contributed by atoms with Crippen LogP contribution in [0.5, 0.6) is 0 Å². The molecule has 1 N–H and O–H groups in total. The van der Waals surface area contributed by atoms with Crippen molar-refractivity contribution in [3.8, 4) is 15.4 Å². The average molecular weight is 501 g/mol. The van der Waals surface area contributed by atoms with Gasteiger partial charge in [0.15, 0.2) is 5.69 Å². The third-order valence-corrected chi connectivity index (χ3v) is 7.19. The molecule has 3 aromatic rings. The van der Waals surface area contributed by atoms with E-state index in [1.165, 1.54) is 36.0 Å². The van der Waals surface area contributed by atoms with Crippen LogP contribution in [0.2, 0.25) is 0 Å². The summed E-state index contributed by atoms with van der Waals surface area (Å²) in [4.78, 5) is 17.3. The van der Waals surface area contributed by atoms with Crippen LogP contribution in [-0.4, -0.2) is 37.7 Å². The fourth-order valence-electron chi connectivity index (χ4n) is 3.44. The topological polar surface area (TPSA) is 81.4 Å². The van der Waals surface area contributed by atoms with Crippen LogP contribution in [-0.2, 0) is 33.1 Å². The van der Waals surface area contributed by atoms with Gasteiger partial charge in [-0.25, -0.2) is 4.98 Å². The number of nitrogens with zero attached hydrogens (tertiary/aromatic N) is 2. The first-order valence-electron chi connectivity index (χ1n) is 10.00. The summed E-state index contributed by atoms with van der Waals surface area (Å²) in [6.45, 7) is 4.23. The van der Waals surface area contributed by atoms with Crippen molar-refractivity contribution in [3.63, 3.8) is 0 Å². The lowest BCUT2D eigenvalue weighted by Crippen LogP contribution is -2.17. The Morgan fingerprint density at radius 2 is 2.00 bits per heavy atom. The third kappa shape index (κ3) is 5.04. The molecule has 0 radical (unpaired) electrons. The van der Waals surface area contributed by atoms with Crippen LogP contribution < -0.4 is 0 Å². The summed E-state index contributed by atoms with van der Waals surface area (Å²) in [7, 11) is -1.33. The van der Waals surface area contributed by atoms with E-state index in [9.17, 15) is 27.3 Å². The predicted octanol–water partition coefficient (Wildman–Crippen LogP) is 4.82. The first-order valence-corrected chi connectivity index (χ1v) is 12.4. The number of carbonyl (C=O) groups excluding carboxylic acids is 1. The summed E-state index contributed by atoms with van der Waals surface area (Å²) < 4.78 is 59.2. The van der Waals surface area contributed by atoms with E-state index in [-0.39, 0.29) is 24.7 Å². The van der Waals surface area contributed by atoms with Crippen molar-refractivity contribution in [2.75, 3.05) is 12.9 Å². The van der Waals surface area contributed by atoms with E-state index in [1.54, 1.807) is 37.3 Å². The number of imidazole rings is 1. The first-order chi connectivity index (χ1) is 15.5. The Labute approximate surface area is 195 Å². The molecule has 0 aliphatic heterocycles. The second-order valence-corrected chi connectivity index (χ2v) is 9.69. The van der Waals surface area contributed by atoms with E-state index in [0.717, 1.165) is 4.88 Å². The Bertz CT molecular complexity index is 1200. The number of alkyl halides is 3. The van der Waals surface area contributed by atoms with E-state index in [4.69, 9.17) is 4.74 Å². The van der Waals surface area contributed by atoms with Crippen LogP contribution in [0.25, 0.3) is 15.4 Å². The number of aromatic nitrogens is 2. The molecule has 0 fully saturated rings. The van der Waals surface area contributed by atoms with Crippen LogP contribution in [0.4, 0.5) is 13.2 Å². The number of hydrogen-bond acceptors (Lipinski definition) is 6. The van der Waals surface area contributed by atoms with Crippen molar-refractivity contribution in [3.05, 3.63) is 53.1 Å². The van der Waals surface area contributed by atoms with Gasteiger partial charge in [-0.1, -0.05) is 12.1 Å². The summed E-state index contributed by atoms with van der Waals surface area (Å²) in [6.07, 6.45) is -3.17. The number of carbonyl (C=O) groups is 1. The van der Waals surface area contributed by atoms with Gasteiger partial charge in [-0.05, 0) is 50.1 Å². The summed E-state index contributed by atoms with van der Waals surface area (Å²) in [5.74, 6) is -1.73. The molecule has 1 aromatic carbocycles. The van der Waals surface area contributed by atoms with E-state index in [2.05, 4.69) is 4.98 Å². The van der Waals surface area contributed by atoms with Gasteiger partial charge >= 0.3 is 12.1 Å². The summed E-state index contributed by atoms with van der Waals surface area (Å²) in [5, 5.41) is 9.92. The maximum absolute atomic E-state index is 13.6. The largest absolute Gasteiger partial charge is 0.465 e. The normalized spacial score (nSPS) is 13.7.